The molecule has 0 saturated heterocycles. The number of alkyl halides is 3. The monoisotopic (exact) mass is 301 g/mol. The highest BCUT2D eigenvalue weighted by Gasteiger charge is 2.36. The van der Waals surface area contributed by atoms with E-state index in [9.17, 15) is 13.2 Å². The molecule has 0 fully saturated rings. The Morgan fingerprint density at radius 2 is 1.89 bits per heavy atom. The van der Waals surface area contributed by atoms with Crippen molar-refractivity contribution in [1.29, 1.82) is 0 Å². The van der Waals surface area contributed by atoms with Crippen LogP contribution in [-0.4, -0.2) is 0 Å². The van der Waals surface area contributed by atoms with Crippen molar-refractivity contribution in [3.8, 4) is 0 Å². The summed E-state index contributed by atoms with van der Waals surface area (Å²) in [5.41, 5.74) is 5.12. The van der Waals surface area contributed by atoms with Crippen molar-refractivity contribution in [3.05, 3.63) is 34.3 Å². The quantitative estimate of drug-likeness (QED) is 0.850. The second-order valence-corrected chi connectivity index (χ2v) is 4.52. The fraction of sp³-hybridized carbons (Fsp3) is 0.500. The lowest BCUT2D eigenvalue weighted by atomic mass is 9.90. The lowest BCUT2D eigenvalue weighted by Gasteiger charge is -2.23. The minimum absolute atomic E-state index is 0. The minimum atomic E-state index is -4.43. The fourth-order valence-corrected chi connectivity index (χ4v) is 1.96. The Hall–Kier alpha value is -0.450. The van der Waals surface area contributed by atoms with Gasteiger partial charge < -0.3 is 5.73 Å². The van der Waals surface area contributed by atoms with Gasteiger partial charge in [-0.2, -0.15) is 13.2 Å². The highest BCUT2D eigenvalue weighted by atomic mass is 35.5. The van der Waals surface area contributed by atoms with Crippen LogP contribution in [0.2, 0.25) is 5.02 Å². The predicted octanol–water partition coefficient (Wildman–Crippen LogP) is 4.83. The maximum atomic E-state index is 12.8. The number of hydrogen-bond donors (Lipinski definition) is 1. The van der Waals surface area contributed by atoms with Gasteiger partial charge in [0.2, 0.25) is 0 Å². The van der Waals surface area contributed by atoms with E-state index in [0.29, 0.717) is 6.42 Å². The summed E-state index contributed by atoms with van der Waals surface area (Å²) >= 11 is 5.85. The van der Waals surface area contributed by atoms with E-state index in [4.69, 9.17) is 17.3 Å². The molecule has 0 aliphatic carbocycles. The minimum Gasteiger partial charge on any atom is -0.324 e. The van der Waals surface area contributed by atoms with Crippen molar-refractivity contribution in [1.82, 2.24) is 0 Å². The molecule has 2 N–H and O–H groups in total. The van der Waals surface area contributed by atoms with Crippen LogP contribution in [0.5, 0.6) is 0 Å². The summed E-state index contributed by atoms with van der Waals surface area (Å²) in [5.74, 6) is -0.0593. The first-order chi connectivity index (χ1) is 7.79. The maximum Gasteiger partial charge on any atom is 0.416 e. The van der Waals surface area contributed by atoms with E-state index in [1.165, 1.54) is 12.1 Å². The SMILES string of the molecule is CCC(C)[C@H](N)c1c(Cl)cccc1C(F)(F)F.Cl. The Bertz CT molecular complexity index is 393. The first-order valence-electron chi connectivity index (χ1n) is 5.40. The molecule has 0 heterocycles. The number of nitrogens with two attached hydrogens (primary N) is 1. The maximum absolute atomic E-state index is 12.8. The third-order valence-electron chi connectivity index (χ3n) is 2.95. The van der Waals surface area contributed by atoms with Gasteiger partial charge in [-0.15, -0.1) is 12.4 Å². The van der Waals surface area contributed by atoms with Crippen LogP contribution < -0.4 is 5.73 Å². The Labute approximate surface area is 116 Å². The molecule has 1 rings (SSSR count). The number of rotatable bonds is 3. The van der Waals surface area contributed by atoms with Crippen molar-refractivity contribution >= 4 is 24.0 Å². The zero-order chi connectivity index (χ0) is 13.2. The van der Waals surface area contributed by atoms with E-state index in [1.54, 1.807) is 0 Å². The second-order valence-electron chi connectivity index (χ2n) is 4.11. The molecule has 1 aromatic rings. The molecule has 1 nitrogen and oxygen atoms in total. The lowest BCUT2D eigenvalue weighted by Crippen LogP contribution is -2.23. The second kappa shape index (κ2) is 6.64. The van der Waals surface area contributed by atoms with Crippen molar-refractivity contribution in [2.45, 2.75) is 32.5 Å². The number of benzene rings is 1. The van der Waals surface area contributed by atoms with Crippen LogP contribution in [0.4, 0.5) is 13.2 Å². The number of halogens is 5. The average Bonchev–Trinajstić information content (AvgIpc) is 2.25. The van der Waals surface area contributed by atoms with E-state index in [2.05, 4.69) is 0 Å². The van der Waals surface area contributed by atoms with Gasteiger partial charge in [0.05, 0.1) is 5.56 Å². The molecule has 18 heavy (non-hydrogen) atoms. The van der Waals surface area contributed by atoms with Crippen molar-refractivity contribution in [2.75, 3.05) is 0 Å². The molecule has 0 aromatic heterocycles. The largest absolute Gasteiger partial charge is 0.416 e. The Balaban J connectivity index is 0.00000289. The van der Waals surface area contributed by atoms with E-state index in [1.807, 2.05) is 13.8 Å². The molecule has 0 aliphatic heterocycles. The van der Waals surface area contributed by atoms with E-state index >= 15 is 0 Å². The molecule has 6 heteroatoms. The van der Waals surface area contributed by atoms with Gasteiger partial charge in [-0.3, -0.25) is 0 Å². The first-order valence-corrected chi connectivity index (χ1v) is 5.78. The highest BCUT2D eigenvalue weighted by Crippen LogP contribution is 2.39. The molecule has 0 bridgehead atoms. The van der Waals surface area contributed by atoms with Gasteiger partial charge >= 0.3 is 6.18 Å². The fourth-order valence-electron chi connectivity index (χ4n) is 1.66. The average molecular weight is 302 g/mol. The van der Waals surface area contributed by atoms with Crippen molar-refractivity contribution < 1.29 is 13.2 Å². The van der Waals surface area contributed by atoms with Gasteiger partial charge in [-0.05, 0) is 23.6 Å². The van der Waals surface area contributed by atoms with Crippen LogP contribution in [0.3, 0.4) is 0 Å². The van der Waals surface area contributed by atoms with E-state index < -0.39 is 17.8 Å². The summed E-state index contributed by atoms with van der Waals surface area (Å²) in [7, 11) is 0. The van der Waals surface area contributed by atoms with Crippen LogP contribution in [0, 0.1) is 5.92 Å². The summed E-state index contributed by atoms with van der Waals surface area (Å²) in [6, 6.07) is 3.04. The topological polar surface area (TPSA) is 26.0 Å². The predicted molar refractivity (Wildman–Crippen MR) is 70.1 cm³/mol. The van der Waals surface area contributed by atoms with Crippen molar-refractivity contribution in [2.24, 2.45) is 11.7 Å². The van der Waals surface area contributed by atoms with E-state index in [-0.39, 0.29) is 28.9 Å². The smallest absolute Gasteiger partial charge is 0.324 e. The van der Waals surface area contributed by atoms with Crippen LogP contribution >= 0.6 is 24.0 Å². The van der Waals surface area contributed by atoms with Crippen LogP contribution in [0.1, 0.15) is 37.4 Å². The lowest BCUT2D eigenvalue weighted by molar-refractivity contribution is -0.138. The van der Waals surface area contributed by atoms with Crippen LogP contribution in [0.25, 0.3) is 0 Å². The summed E-state index contributed by atoms with van der Waals surface area (Å²) < 4.78 is 38.5. The third-order valence-corrected chi connectivity index (χ3v) is 3.28. The van der Waals surface area contributed by atoms with Crippen LogP contribution in [0.15, 0.2) is 18.2 Å². The third kappa shape index (κ3) is 3.77. The van der Waals surface area contributed by atoms with Gasteiger partial charge in [0.15, 0.2) is 0 Å². The zero-order valence-corrected chi connectivity index (χ0v) is 11.7. The molecule has 0 amide bonds. The molecule has 1 aromatic carbocycles. The Morgan fingerprint density at radius 1 is 1.33 bits per heavy atom. The zero-order valence-electron chi connectivity index (χ0n) is 10.1. The molecule has 104 valence electrons. The normalized spacial score (nSPS) is 14.8. The van der Waals surface area contributed by atoms with Crippen LogP contribution in [-0.2, 0) is 6.18 Å². The van der Waals surface area contributed by atoms with Gasteiger partial charge in [0, 0.05) is 11.1 Å². The molecule has 0 saturated carbocycles. The van der Waals surface area contributed by atoms with Crippen molar-refractivity contribution in [3.63, 3.8) is 0 Å². The standard InChI is InChI=1S/C12H15ClF3N.ClH/c1-3-7(2)11(17)10-8(12(14,15)16)5-4-6-9(10)13;/h4-7,11H,3,17H2,1-2H3;1H/t7?,11-;/m0./s1. The van der Waals surface area contributed by atoms with E-state index in [0.717, 1.165) is 6.07 Å². The summed E-state index contributed by atoms with van der Waals surface area (Å²) in [4.78, 5) is 0. The molecule has 0 radical (unpaired) electrons. The molecular weight excluding hydrogens is 286 g/mol. The Morgan fingerprint density at radius 3 is 2.33 bits per heavy atom. The molecule has 2 atom stereocenters. The summed E-state index contributed by atoms with van der Waals surface area (Å²) in [6.07, 6.45) is -3.73. The summed E-state index contributed by atoms with van der Waals surface area (Å²) in [6.45, 7) is 3.70. The molecule has 0 aliphatic rings. The molecule has 1 unspecified atom stereocenters. The summed E-state index contributed by atoms with van der Waals surface area (Å²) in [5, 5.41) is 0.0765. The number of hydrogen-bond acceptors (Lipinski definition) is 1. The Kier molecular flexibility index (Phi) is 6.47. The molecular formula is C12H16Cl2F3N. The molecule has 0 spiro atoms. The first kappa shape index (κ1) is 17.6. The van der Waals surface area contributed by atoms with Gasteiger partial charge in [0.25, 0.3) is 0 Å². The van der Waals surface area contributed by atoms with Gasteiger partial charge in [-0.25, -0.2) is 0 Å². The van der Waals surface area contributed by atoms with Gasteiger partial charge in [0.1, 0.15) is 0 Å². The highest BCUT2D eigenvalue weighted by molar-refractivity contribution is 6.31. The van der Waals surface area contributed by atoms with Gasteiger partial charge in [-0.1, -0.05) is 37.9 Å².